The minimum Gasteiger partial charge on any atom is -0.449 e. The number of hydrogen-bond acceptors (Lipinski definition) is 3. The normalized spacial score (nSPS) is 20.9. The fraction of sp³-hybridized carbons (Fsp3) is 0.857. The van der Waals surface area contributed by atoms with Gasteiger partial charge < -0.3 is 14.5 Å². The van der Waals surface area contributed by atoms with E-state index in [4.69, 9.17) is 16.3 Å². The SMILES string of the molecule is O=C(Cl)N1CCN(C(=O)OCCC2CCCCC2)CC1. The molecule has 0 aromatic rings. The second kappa shape index (κ2) is 7.72. The Labute approximate surface area is 125 Å². The number of ether oxygens (including phenoxy) is 1. The van der Waals surface area contributed by atoms with Gasteiger partial charge in [0.05, 0.1) is 6.61 Å². The second-order valence-electron chi connectivity index (χ2n) is 5.63. The first-order valence-electron chi connectivity index (χ1n) is 7.53. The van der Waals surface area contributed by atoms with E-state index in [9.17, 15) is 9.59 Å². The zero-order valence-corrected chi connectivity index (χ0v) is 12.6. The van der Waals surface area contributed by atoms with Gasteiger partial charge in [0.2, 0.25) is 0 Å². The van der Waals surface area contributed by atoms with Crippen molar-refractivity contribution in [3.8, 4) is 0 Å². The topological polar surface area (TPSA) is 49.9 Å². The predicted octanol–water partition coefficient (Wildman–Crippen LogP) is 3.07. The maximum Gasteiger partial charge on any atom is 0.409 e. The van der Waals surface area contributed by atoms with Gasteiger partial charge in [-0.1, -0.05) is 32.1 Å². The van der Waals surface area contributed by atoms with E-state index in [1.54, 1.807) is 4.90 Å². The van der Waals surface area contributed by atoms with Crippen molar-refractivity contribution in [2.24, 2.45) is 5.92 Å². The van der Waals surface area contributed by atoms with E-state index in [0.29, 0.717) is 32.8 Å². The van der Waals surface area contributed by atoms with Gasteiger partial charge in [0, 0.05) is 26.2 Å². The molecule has 114 valence electrons. The van der Waals surface area contributed by atoms with Crippen LogP contribution in [0.5, 0.6) is 0 Å². The monoisotopic (exact) mass is 302 g/mol. The molecule has 0 spiro atoms. The summed E-state index contributed by atoms with van der Waals surface area (Å²) in [6, 6.07) is 0. The molecule has 1 aliphatic heterocycles. The molecule has 2 amide bonds. The highest BCUT2D eigenvalue weighted by Crippen LogP contribution is 2.26. The summed E-state index contributed by atoms with van der Waals surface area (Å²) in [4.78, 5) is 26.0. The van der Waals surface area contributed by atoms with Crippen molar-refractivity contribution in [3.05, 3.63) is 0 Å². The van der Waals surface area contributed by atoms with Crippen LogP contribution in [0.2, 0.25) is 0 Å². The number of hydrogen-bond donors (Lipinski definition) is 0. The van der Waals surface area contributed by atoms with Crippen LogP contribution in [0.25, 0.3) is 0 Å². The lowest BCUT2D eigenvalue weighted by Gasteiger charge is -2.32. The summed E-state index contributed by atoms with van der Waals surface area (Å²) in [5.74, 6) is 0.724. The molecular formula is C14H23ClN2O3. The first kappa shape index (κ1) is 15.4. The highest BCUT2D eigenvalue weighted by molar-refractivity contribution is 6.62. The van der Waals surface area contributed by atoms with Crippen LogP contribution in [-0.4, -0.2) is 54.0 Å². The van der Waals surface area contributed by atoms with Crippen LogP contribution in [0.1, 0.15) is 38.5 Å². The van der Waals surface area contributed by atoms with Gasteiger partial charge in [-0.25, -0.2) is 4.79 Å². The number of piperazine rings is 1. The van der Waals surface area contributed by atoms with E-state index in [0.717, 1.165) is 12.3 Å². The molecule has 2 aliphatic rings. The van der Waals surface area contributed by atoms with Gasteiger partial charge in [0.25, 0.3) is 0 Å². The lowest BCUT2D eigenvalue weighted by atomic mass is 9.87. The molecule has 2 fully saturated rings. The second-order valence-corrected chi connectivity index (χ2v) is 5.96. The maximum absolute atomic E-state index is 11.9. The third-order valence-electron chi connectivity index (χ3n) is 4.26. The summed E-state index contributed by atoms with van der Waals surface area (Å²) in [5.41, 5.74) is 0. The minimum absolute atomic E-state index is 0.262. The number of rotatable bonds is 3. The molecule has 0 N–H and O–H groups in total. The van der Waals surface area contributed by atoms with Crippen LogP contribution < -0.4 is 0 Å². The van der Waals surface area contributed by atoms with Crippen LogP contribution in [0.3, 0.4) is 0 Å². The van der Waals surface area contributed by atoms with Gasteiger partial charge in [-0.15, -0.1) is 0 Å². The predicted molar refractivity (Wildman–Crippen MR) is 76.9 cm³/mol. The van der Waals surface area contributed by atoms with Gasteiger partial charge in [-0.05, 0) is 23.9 Å². The van der Waals surface area contributed by atoms with Crippen LogP contribution >= 0.6 is 11.6 Å². The number of carbonyl (C=O) groups excluding carboxylic acids is 2. The Hall–Kier alpha value is -0.970. The van der Waals surface area contributed by atoms with Crippen molar-refractivity contribution in [3.63, 3.8) is 0 Å². The molecule has 2 rings (SSSR count). The van der Waals surface area contributed by atoms with Crippen molar-refractivity contribution in [1.29, 1.82) is 0 Å². The third-order valence-corrected chi connectivity index (χ3v) is 4.50. The summed E-state index contributed by atoms with van der Waals surface area (Å²) in [6.45, 7) is 2.49. The molecule has 0 aromatic heterocycles. The van der Waals surface area contributed by atoms with Crippen LogP contribution in [-0.2, 0) is 4.74 Å². The van der Waals surface area contributed by atoms with Gasteiger partial charge in [-0.2, -0.15) is 0 Å². The molecule has 20 heavy (non-hydrogen) atoms. The van der Waals surface area contributed by atoms with Crippen molar-refractivity contribution >= 4 is 23.1 Å². The molecule has 0 radical (unpaired) electrons. The highest BCUT2D eigenvalue weighted by Gasteiger charge is 2.24. The van der Waals surface area contributed by atoms with Crippen LogP contribution in [0, 0.1) is 5.92 Å². The Morgan fingerprint density at radius 3 is 2.20 bits per heavy atom. The first-order chi connectivity index (χ1) is 9.66. The van der Waals surface area contributed by atoms with E-state index in [1.807, 2.05) is 0 Å². The third kappa shape index (κ3) is 4.54. The Balaban J connectivity index is 1.61. The Morgan fingerprint density at radius 1 is 1.00 bits per heavy atom. The molecule has 0 aromatic carbocycles. The smallest absolute Gasteiger partial charge is 0.409 e. The molecular weight excluding hydrogens is 280 g/mol. The van der Waals surface area contributed by atoms with Gasteiger partial charge in [0.1, 0.15) is 0 Å². The summed E-state index contributed by atoms with van der Waals surface area (Å²) in [7, 11) is 0. The molecule has 1 heterocycles. The molecule has 1 saturated carbocycles. The minimum atomic E-state index is -0.449. The lowest BCUT2D eigenvalue weighted by Crippen LogP contribution is -2.49. The van der Waals surface area contributed by atoms with Crippen molar-refractivity contribution < 1.29 is 14.3 Å². The molecule has 1 saturated heterocycles. The zero-order chi connectivity index (χ0) is 14.4. The molecule has 0 bridgehead atoms. The summed E-state index contributed by atoms with van der Waals surface area (Å²) in [6.07, 6.45) is 7.23. The lowest BCUT2D eigenvalue weighted by molar-refractivity contribution is 0.0784. The average molecular weight is 303 g/mol. The fourth-order valence-electron chi connectivity index (χ4n) is 2.94. The van der Waals surface area contributed by atoms with E-state index in [1.165, 1.54) is 37.0 Å². The standard InChI is InChI=1S/C14H23ClN2O3/c15-13(18)16-7-9-17(10-8-16)14(19)20-11-6-12-4-2-1-3-5-12/h12H,1-11H2. The van der Waals surface area contributed by atoms with E-state index in [2.05, 4.69) is 0 Å². The molecule has 0 unspecified atom stereocenters. The first-order valence-corrected chi connectivity index (χ1v) is 7.90. The number of halogens is 1. The van der Waals surface area contributed by atoms with E-state index < -0.39 is 5.37 Å². The van der Waals surface area contributed by atoms with Crippen molar-refractivity contribution in [1.82, 2.24) is 9.80 Å². The Morgan fingerprint density at radius 2 is 1.60 bits per heavy atom. The molecule has 5 nitrogen and oxygen atoms in total. The molecule has 6 heteroatoms. The van der Waals surface area contributed by atoms with Gasteiger partial charge >= 0.3 is 11.5 Å². The van der Waals surface area contributed by atoms with Crippen LogP contribution in [0.4, 0.5) is 9.59 Å². The Kier molecular flexibility index (Phi) is 5.95. The summed E-state index contributed by atoms with van der Waals surface area (Å²) in [5, 5.41) is -0.449. The van der Waals surface area contributed by atoms with E-state index in [-0.39, 0.29) is 6.09 Å². The van der Waals surface area contributed by atoms with Crippen molar-refractivity contribution in [2.45, 2.75) is 38.5 Å². The summed E-state index contributed by atoms with van der Waals surface area (Å²) < 4.78 is 5.33. The summed E-state index contributed by atoms with van der Waals surface area (Å²) >= 11 is 5.41. The maximum atomic E-state index is 11.9. The largest absolute Gasteiger partial charge is 0.449 e. The number of carbonyl (C=O) groups is 2. The van der Waals surface area contributed by atoms with Gasteiger partial charge in [-0.3, -0.25) is 4.79 Å². The number of amides is 2. The van der Waals surface area contributed by atoms with Gasteiger partial charge in [0.15, 0.2) is 0 Å². The average Bonchev–Trinajstić information content (AvgIpc) is 2.48. The number of nitrogens with zero attached hydrogens (tertiary/aromatic N) is 2. The van der Waals surface area contributed by atoms with Crippen molar-refractivity contribution in [2.75, 3.05) is 32.8 Å². The highest BCUT2D eigenvalue weighted by atomic mass is 35.5. The Bertz CT molecular complexity index is 337. The van der Waals surface area contributed by atoms with Crippen LogP contribution in [0.15, 0.2) is 0 Å². The quantitative estimate of drug-likeness (QED) is 0.594. The zero-order valence-electron chi connectivity index (χ0n) is 11.9. The fourth-order valence-corrected chi connectivity index (χ4v) is 3.11. The van der Waals surface area contributed by atoms with E-state index >= 15 is 0 Å². The molecule has 0 atom stereocenters. The molecule has 1 aliphatic carbocycles.